The number of amides is 1. The van der Waals surface area contributed by atoms with Gasteiger partial charge in [0.2, 0.25) is 5.91 Å². The predicted octanol–water partition coefficient (Wildman–Crippen LogP) is 5.52. The molecule has 2 rings (SSSR count). The minimum Gasteiger partial charge on any atom is -0.322 e. The first-order valence-corrected chi connectivity index (χ1v) is 7.80. The lowest BCUT2D eigenvalue weighted by atomic mass is 10.1. The second kappa shape index (κ2) is 7.48. The largest absolute Gasteiger partial charge is 0.322 e. The van der Waals surface area contributed by atoms with E-state index >= 15 is 0 Å². The monoisotopic (exact) mass is 333 g/mol. The van der Waals surface area contributed by atoms with Crippen LogP contribution in [0.3, 0.4) is 0 Å². The Morgan fingerprint density at radius 3 is 2.64 bits per heavy atom. The molecule has 0 bridgehead atoms. The van der Waals surface area contributed by atoms with Crippen LogP contribution in [0.1, 0.15) is 23.6 Å². The molecule has 2 aromatic carbocycles. The van der Waals surface area contributed by atoms with Crippen LogP contribution in [0.2, 0.25) is 10.0 Å². The lowest BCUT2D eigenvalue weighted by Crippen LogP contribution is -2.11. The topological polar surface area (TPSA) is 29.1 Å². The summed E-state index contributed by atoms with van der Waals surface area (Å²) in [7, 11) is 0. The molecule has 0 saturated heterocycles. The summed E-state index contributed by atoms with van der Waals surface area (Å²) in [5, 5.41) is 3.84. The number of hydrogen-bond acceptors (Lipinski definition) is 1. The van der Waals surface area contributed by atoms with Gasteiger partial charge in [-0.25, -0.2) is 0 Å². The number of hydrogen-bond donors (Lipinski definition) is 1. The average Bonchev–Trinajstić information content (AvgIpc) is 2.50. The molecule has 0 atom stereocenters. The zero-order chi connectivity index (χ0) is 16.1. The number of nitrogens with one attached hydrogen (secondary N) is 1. The second-order valence-corrected chi connectivity index (χ2v) is 5.71. The molecule has 4 heteroatoms. The normalized spacial score (nSPS) is 10.9. The first-order valence-electron chi connectivity index (χ1n) is 7.04. The number of carbonyl (C=O) groups excluding carboxylic acids is 1. The Morgan fingerprint density at radius 1 is 1.18 bits per heavy atom. The zero-order valence-electron chi connectivity index (χ0n) is 12.5. The highest BCUT2D eigenvalue weighted by Crippen LogP contribution is 2.26. The van der Waals surface area contributed by atoms with Crippen molar-refractivity contribution in [1.82, 2.24) is 0 Å². The van der Waals surface area contributed by atoms with Crippen molar-refractivity contribution in [2.75, 3.05) is 5.32 Å². The van der Waals surface area contributed by atoms with Crippen LogP contribution < -0.4 is 5.32 Å². The molecule has 22 heavy (non-hydrogen) atoms. The van der Waals surface area contributed by atoms with Crippen LogP contribution in [0.5, 0.6) is 0 Å². The molecule has 0 aliphatic heterocycles. The van der Waals surface area contributed by atoms with Crippen molar-refractivity contribution in [3.8, 4) is 0 Å². The van der Waals surface area contributed by atoms with E-state index in [9.17, 15) is 4.79 Å². The van der Waals surface area contributed by atoms with E-state index in [0.717, 1.165) is 23.2 Å². The van der Waals surface area contributed by atoms with Crippen molar-refractivity contribution in [3.63, 3.8) is 0 Å². The van der Waals surface area contributed by atoms with Crippen LogP contribution in [0.4, 0.5) is 5.69 Å². The highest BCUT2D eigenvalue weighted by molar-refractivity contribution is 6.42. The highest BCUT2D eigenvalue weighted by atomic mass is 35.5. The van der Waals surface area contributed by atoms with Gasteiger partial charge in [0.25, 0.3) is 0 Å². The smallest absolute Gasteiger partial charge is 0.248 e. The summed E-state index contributed by atoms with van der Waals surface area (Å²) >= 11 is 12.0. The number of rotatable bonds is 4. The minimum atomic E-state index is -0.194. The van der Waals surface area contributed by atoms with Crippen LogP contribution in [-0.2, 0) is 11.2 Å². The first kappa shape index (κ1) is 16.6. The van der Waals surface area contributed by atoms with Crippen LogP contribution in [0, 0.1) is 6.92 Å². The van der Waals surface area contributed by atoms with E-state index < -0.39 is 0 Å². The van der Waals surface area contributed by atoms with E-state index in [1.54, 1.807) is 18.2 Å². The summed E-state index contributed by atoms with van der Waals surface area (Å²) < 4.78 is 0. The summed E-state index contributed by atoms with van der Waals surface area (Å²) in [6, 6.07) is 11.3. The molecule has 0 saturated carbocycles. The van der Waals surface area contributed by atoms with Gasteiger partial charge in [-0.15, -0.1) is 0 Å². The van der Waals surface area contributed by atoms with Gasteiger partial charge in [0, 0.05) is 11.8 Å². The number of carbonyl (C=O) groups is 1. The fraction of sp³-hybridized carbons (Fsp3) is 0.167. The average molecular weight is 334 g/mol. The van der Waals surface area contributed by atoms with Crippen LogP contribution >= 0.6 is 23.2 Å². The molecule has 2 nitrogen and oxygen atoms in total. The van der Waals surface area contributed by atoms with Gasteiger partial charge in [0.15, 0.2) is 0 Å². The molecule has 0 radical (unpaired) electrons. The Balaban J connectivity index is 2.17. The van der Waals surface area contributed by atoms with Crippen LogP contribution in [-0.4, -0.2) is 5.91 Å². The molecule has 0 heterocycles. The Morgan fingerprint density at radius 2 is 1.91 bits per heavy atom. The molecule has 0 aliphatic carbocycles. The van der Waals surface area contributed by atoms with E-state index in [1.165, 1.54) is 6.08 Å². The third-order valence-corrected chi connectivity index (χ3v) is 4.22. The van der Waals surface area contributed by atoms with Crippen molar-refractivity contribution in [2.24, 2.45) is 0 Å². The molecule has 2 aromatic rings. The standard InChI is InChI=1S/C18H17Cl2NO/c1-3-13-7-4-6-12(2)18(13)21-16(22)11-10-14-8-5-9-15(19)17(14)20/h4-11H,3H2,1-2H3,(H,21,22)/b11-10+. The predicted molar refractivity (Wildman–Crippen MR) is 94.7 cm³/mol. The fourth-order valence-electron chi connectivity index (χ4n) is 2.18. The van der Waals surface area contributed by atoms with Crippen LogP contribution in [0.15, 0.2) is 42.5 Å². The van der Waals surface area contributed by atoms with Gasteiger partial charge >= 0.3 is 0 Å². The van der Waals surface area contributed by atoms with Crippen molar-refractivity contribution in [3.05, 3.63) is 69.2 Å². The van der Waals surface area contributed by atoms with E-state index in [1.807, 2.05) is 31.2 Å². The van der Waals surface area contributed by atoms with Gasteiger partial charge in [0.05, 0.1) is 10.0 Å². The van der Waals surface area contributed by atoms with Crippen molar-refractivity contribution in [2.45, 2.75) is 20.3 Å². The molecule has 0 spiro atoms. The number of anilines is 1. The summed E-state index contributed by atoms with van der Waals surface area (Å²) in [5.41, 5.74) is 3.74. The van der Waals surface area contributed by atoms with Crippen molar-refractivity contribution < 1.29 is 4.79 Å². The van der Waals surface area contributed by atoms with Crippen LogP contribution in [0.25, 0.3) is 6.08 Å². The quantitative estimate of drug-likeness (QED) is 0.733. The third-order valence-electron chi connectivity index (χ3n) is 3.38. The molecule has 1 N–H and O–H groups in total. The van der Waals surface area contributed by atoms with Gasteiger partial charge in [0.1, 0.15) is 0 Å². The van der Waals surface area contributed by atoms with Gasteiger partial charge in [-0.3, -0.25) is 4.79 Å². The lowest BCUT2D eigenvalue weighted by Gasteiger charge is -2.11. The van der Waals surface area contributed by atoms with E-state index in [4.69, 9.17) is 23.2 Å². The Labute approximate surface area is 140 Å². The van der Waals surface area contributed by atoms with Crippen molar-refractivity contribution in [1.29, 1.82) is 0 Å². The number of halogens is 2. The molecular formula is C18H17Cl2NO. The molecule has 0 aromatic heterocycles. The fourth-order valence-corrected chi connectivity index (χ4v) is 2.55. The maximum absolute atomic E-state index is 12.1. The van der Waals surface area contributed by atoms with Gasteiger partial charge in [-0.2, -0.15) is 0 Å². The third kappa shape index (κ3) is 3.90. The number of para-hydroxylation sites is 1. The van der Waals surface area contributed by atoms with Crippen molar-refractivity contribution >= 4 is 40.9 Å². The summed E-state index contributed by atoms with van der Waals surface area (Å²) in [6.45, 7) is 4.04. The van der Waals surface area contributed by atoms with Gasteiger partial charge < -0.3 is 5.32 Å². The van der Waals surface area contributed by atoms with Gasteiger partial charge in [-0.1, -0.05) is 60.5 Å². The van der Waals surface area contributed by atoms with E-state index in [-0.39, 0.29) is 5.91 Å². The zero-order valence-corrected chi connectivity index (χ0v) is 14.0. The van der Waals surface area contributed by atoms with E-state index in [2.05, 4.69) is 12.2 Å². The molecule has 0 unspecified atom stereocenters. The van der Waals surface area contributed by atoms with Gasteiger partial charge in [-0.05, 0) is 42.2 Å². The molecular weight excluding hydrogens is 317 g/mol. The molecule has 0 aliphatic rings. The molecule has 0 fully saturated rings. The molecule has 114 valence electrons. The summed E-state index contributed by atoms with van der Waals surface area (Å²) in [4.78, 5) is 12.1. The lowest BCUT2D eigenvalue weighted by molar-refractivity contribution is -0.111. The Hall–Kier alpha value is -1.77. The number of aryl methyl sites for hydroxylation is 2. The Bertz CT molecular complexity index is 723. The summed E-state index contributed by atoms with van der Waals surface area (Å²) in [6.07, 6.45) is 3.98. The minimum absolute atomic E-state index is 0.194. The number of benzene rings is 2. The van der Waals surface area contributed by atoms with E-state index in [0.29, 0.717) is 15.6 Å². The summed E-state index contributed by atoms with van der Waals surface area (Å²) in [5.74, 6) is -0.194. The maximum Gasteiger partial charge on any atom is 0.248 e. The maximum atomic E-state index is 12.1. The second-order valence-electron chi connectivity index (χ2n) is 4.93. The molecule has 1 amide bonds. The highest BCUT2D eigenvalue weighted by Gasteiger charge is 2.07. The SMILES string of the molecule is CCc1cccc(C)c1NC(=O)/C=C/c1cccc(Cl)c1Cl. The first-order chi connectivity index (χ1) is 10.5. The Kier molecular flexibility index (Phi) is 5.64.